The van der Waals surface area contributed by atoms with Gasteiger partial charge in [0.1, 0.15) is 0 Å². The zero-order valence-electron chi connectivity index (χ0n) is 17.6. The quantitative estimate of drug-likeness (QED) is 0.588. The minimum atomic E-state index is 0. The van der Waals surface area contributed by atoms with Gasteiger partial charge in [-0.1, -0.05) is 37.4 Å². The first-order valence-corrected chi connectivity index (χ1v) is 10.5. The van der Waals surface area contributed by atoms with Crippen LogP contribution in [-0.2, 0) is 11.3 Å². The number of aromatic nitrogens is 4. The van der Waals surface area contributed by atoms with Crippen LogP contribution in [0, 0.1) is 6.92 Å². The van der Waals surface area contributed by atoms with Gasteiger partial charge in [0.25, 0.3) is 0 Å². The Kier molecular flexibility index (Phi) is 9.62. The van der Waals surface area contributed by atoms with E-state index in [9.17, 15) is 0 Å². The van der Waals surface area contributed by atoms with Crippen molar-refractivity contribution in [3.63, 3.8) is 0 Å². The molecular weight excluding hydrogens is 411 g/mol. The fourth-order valence-electron chi connectivity index (χ4n) is 3.86. The van der Waals surface area contributed by atoms with E-state index in [1.807, 2.05) is 10.7 Å². The van der Waals surface area contributed by atoms with Crippen LogP contribution < -0.4 is 4.90 Å². The second-order valence-electron chi connectivity index (χ2n) is 7.36. The van der Waals surface area contributed by atoms with Gasteiger partial charge in [0.15, 0.2) is 5.82 Å². The lowest BCUT2D eigenvalue weighted by molar-refractivity contribution is 0.152. The maximum absolute atomic E-state index is 6.23. The lowest BCUT2D eigenvalue weighted by Gasteiger charge is -2.40. The van der Waals surface area contributed by atoms with E-state index in [1.165, 1.54) is 11.3 Å². The predicted octanol–water partition coefficient (Wildman–Crippen LogP) is 3.76. The molecule has 1 aliphatic rings. The molecule has 1 saturated heterocycles. The van der Waals surface area contributed by atoms with Crippen LogP contribution in [0.3, 0.4) is 0 Å². The number of halogens is 2. The molecule has 162 valence electrons. The van der Waals surface area contributed by atoms with Crippen molar-refractivity contribution in [2.75, 3.05) is 44.8 Å². The molecule has 2 heterocycles. The van der Waals surface area contributed by atoms with Crippen molar-refractivity contribution >= 4 is 29.7 Å². The van der Waals surface area contributed by atoms with Crippen LogP contribution in [0.5, 0.6) is 0 Å². The maximum atomic E-state index is 6.23. The summed E-state index contributed by atoms with van der Waals surface area (Å²) in [5.41, 5.74) is 2.51. The maximum Gasteiger partial charge on any atom is 0.168 e. The number of anilines is 1. The Bertz CT molecular complexity index is 748. The standard InChI is InChI=1S/C20H31ClN6O.ClH/c1-4-5-6-18(20-22-23-24-27(20)13-14-28-3)25-9-11-26(12-10-25)19-15-17(21)8-7-16(19)2;/h7-8,15,18H,4-6,9-14H2,1-3H3;1H. The summed E-state index contributed by atoms with van der Waals surface area (Å²) in [7, 11) is 1.70. The predicted molar refractivity (Wildman–Crippen MR) is 119 cm³/mol. The Hall–Kier alpha value is -1.41. The first kappa shape index (κ1) is 23.9. The molecule has 0 amide bonds. The highest BCUT2D eigenvalue weighted by atomic mass is 35.5. The molecule has 1 fully saturated rings. The average Bonchev–Trinajstić information content (AvgIpc) is 3.17. The molecule has 29 heavy (non-hydrogen) atoms. The number of nitrogens with zero attached hydrogens (tertiary/aromatic N) is 6. The van der Waals surface area contributed by atoms with Gasteiger partial charge in [-0.25, -0.2) is 4.68 Å². The second kappa shape index (κ2) is 11.7. The number of hydrogen-bond donors (Lipinski definition) is 0. The van der Waals surface area contributed by atoms with Gasteiger partial charge >= 0.3 is 0 Å². The molecule has 1 aromatic carbocycles. The van der Waals surface area contributed by atoms with Crippen molar-refractivity contribution in [1.29, 1.82) is 0 Å². The summed E-state index contributed by atoms with van der Waals surface area (Å²) in [4.78, 5) is 4.96. The van der Waals surface area contributed by atoms with Crippen LogP contribution in [0.25, 0.3) is 0 Å². The van der Waals surface area contributed by atoms with E-state index in [1.54, 1.807) is 7.11 Å². The third-order valence-corrected chi connectivity index (χ3v) is 5.70. The molecule has 3 rings (SSSR count). The summed E-state index contributed by atoms with van der Waals surface area (Å²) in [6.45, 7) is 9.59. The SMILES string of the molecule is CCCCC(c1nnnn1CCOC)N1CCN(c2cc(Cl)ccc2C)CC1.Cl. The zero-order valence-corrected chi connectivity index (χ0v) is 19.1. The summed E-state index contributed by atoms with van der Waals surface area (Å²) >= 11 is 6.23. The van der Waals surface area contributed by atoms with E-state index in [0.29, 0.717) is 13.2 Å². The number of piperazine rings is 1. The molecule has 0 radical (unpaired) electrons. The van der Waals surface area contributed by atoms with Crippen LogP contribution in [0.1, 0.15) is 43.6 Å². The zero-order chi connectivity index (χ0) is 19.9. The Morgan fingerprint density at radius 2 is 1.97 bits per heavy atom. The number of aryl methyl sites for hydroxylation is 1. The summed E-state index contributed by atoms with van der Waals surface area (Å²) in [6, 6.07) is 6.37. The monoisotopic (exact) mass is 442 g/mol. The molecule has 1 unspecified atom stereocenters. The van der Waals surface area contributed by atoms with Crippen LogP contribution in [-0.4, -0.2) is 65.0 Å². The van der Waals surface area contributed by atoms with Crippen molar-refractivity contribution < 1.29 is 4.74 Å². The minimum Gasteiger partial charge on any atom is -0.383 e. The topological polar surface area (TPSA) is 59.3 Å². The molecule has 0 N–H and O–H groups in total. The molecule has 0 bridgehead atoms. The van der Waals surface area contributed by atoms with Gasteiger partial charge in [0.2, 0.25) is 0 Å². The number of tetrazole rings is 1. The number of hydrogen-bond acceptors (Lipinski definition) is 6. The van der Waals surface area contributed by atoms with Gasteiger partial charge in [0.05, 0.1) is 19.2 Å². The van der Waals surface area contributed by atoms with Crippen LogP contribution in [0.15, 0.2) is 18.2 Å². The number of ether oxygens (including phenoxy) is 1. The third-order valence-electron chi connectivity index (χ3n) is 5.46. The van der Waals surface area contributed by atoms with E-state index >= 15 is 0 Å². The Labute approximate surface area is 184 Å². The normalized spacial score (nSPS) is 15.9. The summed E-state index contributed by atoms with van der Waals surface area (Å²) in [5.74, 6) is 0.956. The fourth-order valence-corrected chi connectivity index (χ4v) is 4.02. The van der Waals surface area contributed by atoms with E-state index < -0.39 is 0 Å². The molecule has 2 aromatic rings. The number of benzene rings is 1. The molecule has 9 heteroatoms. The van der Waals surface area contributed by atoms with Gasteiger partial charge in [-0.15, -0.1) is 17.5 Å². The molecule has 0 spiro atoms. The highest BCUT2D eigenvalue weighted by molar-refractivity contribution is 6.30. The molecule has 1 aliphatic heterocycles. The van der Waals surface area contributed by atoms with Crippen molar-refractivity contribution in [2.45, 2.75) is 45.7 Å². The van der Waals surface area contributed by atoms with E-state index in [-0.39, 0.29) is 18.4 Å². The number of methoxy groups -OCH3 is 1. The van der Waals surface area contributed by atoms with Gasteiger partial charge < -0.3 is 9.64 Å². The second-order valence-corrected chi connectivity index (χ2v) is 7.80. The van der Waals surface area contributed by atoms with Gasteiger partial charge in [-0.05, 0) is 41.5 Å². The first-order chi connectivity index (χ1) is 13.6. The largest absolute Gasteiger partial charge is 0.383 e. The van der Waals surface area contributed by atoms with Crippen molar-refractivity contribution in [2.24, 2.45) is 0 Å². The summed E-state index contributed by atoms with van der Waals surface area (Å²) < 4.78 is 7.11. The minimum absolute atomic E-state index is 0. The molecule has 7 nitrogen and oxygen atoms in total. The lowest BCUT2D eigenvalue weighted by Crippen LogP contribution is -2.48. The van der Waals surface area contributed by atoms with Gasteiger partial charge in [-0.3, -0.25) is 4.90 Å². The van der Waals surface area contributed by atoms with E-state index in [2.05, 4.69) is 51.3 Å². The van der Waals surface area contributed by atoms with Gasteiger partial charge in [0, 0.05) is 44.0 Å². The van der Waals surface area contributed by atoms with Crippen molar-refractivity contribution in [3.8, 4) is 0 Å². The molecule has 1 aromatic heterocycles. The smallest absolute Gasteiger partial charge is 0.168 e. The Balaban J connectivity index is 0.00000300. The first-order valence-electron chi connectivity index (χ1n) is 10.1. The van der Waals surface area contributed by atoms with Crippen LogP contribution in [0.4, 0.5) is 5.69 Å². The molecule has 0 saturated carbocycles. The lowest BCUT2D eigenvalue weighted by atomic mass is 10.1. The van der Waals surface area contributed by atoms with Crippen molar-refractivity contribution in [1.82, 2.24) is 25.1 Å². The van der Waals surface area contributed by atoms with E-state index in [0.717, 1.165) is 56.3 Å². The van der Waals surface area contributed by atoms with Crippen LogP contribution in [0.2, 0.25) is 5.02 Å². The summed E-state index contributed by atoms with van der Waals surface area (Å²) in [6.07, 6.45) is 3.40. The molecule has 0 aliphatic carbocycles. The number of rotatable bonds is 9. The average molecular weight is 443 g/mol. The Morgan fingerprint density at radius 1 is 1.21 bits per heavy atom. The number of unbranched alkanes of at least 4 members (excludes halogenated alkanes) is 1. The Morgan fingerprint density at radius 3 is 2.66 bits per heavy atom. The fraction of sp³-hybridized carbons (Fsp3) is 0.650. The van der Waals surface area contributed by atoms with Crippen molar-refractivity contribution in [3.05, 3.63) is 34.6 Å². The van der Waals surface area contributed by atoms with E-state index in [4.69, 9.17) is 16.3 Å². The molecular formula is C20H32Cl2N6O. The van der Waals surface area contributed by atoms with Gasteiger partial charge in [-0.2, -0.15) is 0 Å². The summed E-state index contributed by atoms with van der Waals surface area (Å²) in [5, 5.41) is 13.3. The molecule has 1 atom stereocenters. The highest BCUT2D eigenvalue weighted by Crippen LogP contribution is 2.29. The highest BCUT2D eigenvalue weighted by Gasteiger charge is 2.29. The third kappa shape index (κ3) is 6.04. The van der Waals surface area contributed by atoms with Crippen LogP contribution >= 0.6 is 24.0 Å².